The Morgan fingerprint density at radius 2 is 1.89 bits per heavy atom. The third kappa shape index (κ3) is 3.46. The monoisotopic (exact) mass is 272 g/mol. The number of ether oxygens (including phenoxy) is 1. The summed E-state index contributed by atoms with van der Waals surface area (Å²) in [7, 11) is 1.55. The first-order valence-electron chi connectivity index (χ1n) is 5.81. The minimum Gasteiger partial charge on any atom is -0.497 e. The SMILES string of the molecule is COc1ccc(Cl)c(C(=O)C=Cc2ccccc2)c1. The molecule has 0 aliphatic heterocycles. The standard InChI is InChI=1S/C16H13ClO2/c1-19-13-8-9-15(17)14(11-13)16(18)10-7-12-5-3-2-4-6-12/h2-11H,1H3. The van der Waals surface area contributed by atoms with E-state index in [1.54, 1.807) is 31.4 Å². The van der Waals surface area contributed by atoms with Crippen LogP contribution in [0, 0.1) is 0 Å². The Labute approximate surface area is 117 Å². The molecule has 0 atom stereocenters. The fraction of sp³-hybridized carbons (Fsp3) is 0.0625. The van der Waals surface area contributed by atoms with Crippen LogP contribution in [0.25, 0.3) is 6.08 Å². The number of methoxy groups -OCH3 is 1. The van der Waals surface area contributed by atoms with E-state index in [1.165, 1.54) is 6.08 Å². The topological polar surface area (TPSA) is 26.3 Å². The molecule has 0 spiro atoms. The van der Waals surface area contributed by atoms with Crippen molar-refractivity contribution >= 4 is 23.5 Å². The van der Waals surface area contributed by atoms with Gasteiger partial charge in [-0.2, -0.15) is 0 Å². The van der Waals surface area contributed by atoms with Gasteiger partial charge in [-0.15, -0.1) is 0 Å². The zero-order valence-electron chi connectivity index (χ0n) is 10.5. The molecule has 96 valence electrons. The van der Waals surface area contributed by atoms with Crippen LogP contribution in [0.3, 0.4) is 0 Å². The van der Waals surface area contributed by atoms with Crippen molar-refractivity contribution in [3.05, 3.63) is 70.8 Å². The molecule has 0 bridgehead atoms. The summed E-state index contributed by atoms with van der Waals surface area (Å²) in [6, 6.07) is 14.6. The number of hydrogen-bond acceptors (Lipinski definition) is 2. The van der Waals surface area contributed by atoms with Gasteiger partial charge in [0.15, 0.2) is 5.78 Å². The molecular weight excluding hydrogens is 260 g/mol. The number of hydrogen-bond donors (Lipinski definition) is 0. The molecule has 2 aromatic rings. The first kappa shape index (κ1) is 13.4. The van der Waals surface area contributed by atoms with E-state index >= 15 is 0 Å². The largest absolute Gasteiger partial charge is 0.497 e. The zero-order chi connectivity index (χ0) is 13.7. The molecule has 0 aromatic heterocycles. The molecule has 0 fully saturated rings. The second-order valence-corrected chi connectivity index (χ2v) is 4.36. The van der Waals surface area contributed by atoms with Gasteiger partial charge in [-0.05, 0) is 29.8 Å². The van der Waals surface area contributed by atoms with Crippen LogP contribution in [-0.2, 0) is 0 Å². The molecule has 0 aliphatic rings. The minimum atomic E-state index is -0.146. The molecular formula is C16H13ClO2. The van der Waals surface area contributed by atoms with Crippen LogP contribution in [-0.4, -0.2) is 12.9 Å². The molecule has 0 unspecified atom stereocenters. The summed E-state index contributed by atoms with van der Waals surface area (Å²) in [6.45, 7) is 0. The van der Waals surface area contributed by atoms with Gasteiger partial charge in [0, 0.05) is 5.56 Å². The van der Waals surface area contributed by atoms with Crippen LogP contribution in [0.15, 0.2) is 54.6 Å². The number of carbonyl (C=O) groups excluding carboxylic acids is 1. The van der Waals surface area contributed by atoms with Crippen molar-refractivity contribution in [1.82, 2.24) is 0 Å². The van der Waals surface area contributed by atoms with Crippen molar-refractivity contribution in [2.24, 2.45) is 0 Å². The molecule has 3 heteroatoms. The van der Waals surface area contributed by atoms with Crippen molar-refractivity contribution in [3.63, 3.8) is 0 Å². The van der Waals surface area contributed by atoms with E-state index in [-0.39, 0.29) is 5.78 Å². The molecule has 0 heterocycles. The molecule has 0 saturated carbocycles. The third-order valence-electron chi connectivity index (χ3n) is 2.67. The molecule has 0 aliphatic carbocycles. The normalized spacial score (nSPS) is 10.6. The fourth-order valence-corrected chi connectivity index (χ4v) is 1.86. The van der Waals surface area contributed by atoms with Gasteiger partial charge < -0.3 is 4.74 Å². The highest BCUT2D eigenvalue weighted by Crippen LogP contribution is 2.22. The number of allylic oxidation sites excluding steroid dienone is 1. The minimum absolute atomic E-state index is 0.146. The summed E-state index contributed by atoms with van der Waals surface area (Å²) in [5.74, 6) is 0.466. The molecule has 2 nitrogen and oxygen atoms in total. The molecule has 2 rings (SSSR count). The van der Waals surface area contributed by atoms with Crippen LogP contribution in [0.4, 0.5) is 0 Å². The van der Waals surface area contributed by atoms with Gasteiger partial charge in [-0.1, -0.05) is 48.0 Å². The van der Waals surface area contributed by atoms with Crippen LogP contribution in [0.2, 0.25) is 5.02 Å². The first-order valence-corrected chi connectivity index (χ1v) is 6.19. The lowest BCUT2D eigenvalue weighted by Crippen LogP contribution is -1.96. The van der Waals surface area contributed by atoms with Crippen LogP contribution in [0.5, 0.6) is 5.75 Å². The van der Waals surface area contributed by atoms with Crippen LogP contribution < -0.4 is 4.74 Å². The average molecular weight is 273 g/mol. The summed E-state index contributed by atoms with van der Waals surface area (Å²) in [5, 5.41) is 0.420. The number of benzene rings is 2. The maximum absolute atomic E-state index is 12.1. The Morgan fingerprint density at radius 3 is 2.58 bits per heavy atom. The maximum Gasteiger partial charge on any atom is 0.187 e. The molecule has 2 aromatic carbocycles. The Bertz CT molecular complexity index is 603. The summed E-state index contributed by atoms with van der Waals surface area (Å²) >= 11 is 6.02. The molecule has 19 heavy (non-hydrogen) atoms. The van der Waals surface area contributed by atoms with Crippen molar-refractivity contribution < 1.29 is 9.53 Å². The maximum atomic E-state index is 12.1. The third-order valence-corrected chi connectivity index (χ3v) is 3.00. The Hall–Kier alpha value is -2.06. The van der Waals surface area contributed by atoms with Gasteiger partial charge in [0.2, 0.25) is 0 Å². The van der Waals surface area contributed by atoms with E-state index in [1.807, 2.05) is 30.3 Å². The van der Waals surface area contributed by atoms with E-state index in [0.717, 1.165) is 5.56 Å². The van der Waals surface area contributed by atoms with E-state index in [0.29, 0.717) is 16.3 Å². The van der Waals surface area contributed by atoms with Gasteiger partial charge in [-0.3, -0.25) is 4.79 Å². The van der Waals surface area contributed by atoms with Gasteiger partial charge in [-0.25, -0.2) is 0 Å². The van der Waals surface area contributed by atoms with E-state index < -0.39 is 0 Å². The molecule has 0 amide bonds. The average Bonchev–Trinajstić information content (AvgIpc) is 2.46. The second-order valence-electron chi connectivity index (χ2n) is 3.95. The lowest BCUT2D eigenvalue weighted by molar-refractivity contribution is 0.104. The first-order chi connectivity index (χ1) is 9.20. The number of halogens is 1. The van der Waals surface area contributed by atoms with E-state index in [9.17, 15) is 4.79 Å². The molecule has 0 N–H and O–H groups in total. The smallest absolute Gasteiger partial charge is 0.187 e. The van der Waals surface area contributed by atoms with Crippen molar-refractivity contribution in [3.8, 4) is 5.75 Å². The highest BCUT2D eigenvalue weighted by Gasteiger charge is 2.08. The summed E-state index contributed by atoms with van der Waals surface area (Å²) in [6.07, 6.45) is 3.27. The Kier molecular flexibility index (Phi) is 4.37. The Balaban J connectivity index is 2.23. The van der Waals surface area contributed by atoms with Gasteiger partial charge in [0.1, 0.15) is 5.75 Å². The number of ketones is 1. The summed E-state index contributed by atoms with van der Waals surface area (Å²) in [4.78, 5) is 12.1. The lowest BCUT2D eigenvalue weighted by Gasteiger charge is -2.03. The van der Waals surface area contributed by atoms with Gasteiger partial charge in [0.25, 0.3) is 0 Å². The summed E-state index contributed by atoms with van der Waals surface area (Å²) in [5.41, 5.74) is 1.41. The van der Waals surface area contributed by atoms with E-state index in [4.69, 9.17) is 16.3 Å². The summed E-state index contributed by atoms with van der Waals surface area (Å²) < 4.78 is 5.09. The molecule has 0 saturated heterocycles. The predicted molar refractivity (Wildman–Crippen MR) is 77.8 cm³/mol. The van der Waals surface area contributed by atoms with E-state index in [2.05, 4.69) is 0 Å². The van der Waals surface area contributed by atoms with Crippen molar-refractivity contribution in [2.45, 2.75) is 0 Å². The fourth-order valence-electron chi connectivity index (χ4n) is 1.65. The van der Waals surface area contributed by atoms with Crippen molar-refractivity contribution in [1.29, 1.82) is 0 Å². The zero-order valence-corrected chi connectivity index (χ0v) is 11.2. The van der Waals surface area contributed by atoms with Gasteiger partial charge >= 0.3 is 0 Å². The highest BCUT2D eigenvalue weighted by molar-refractivity contribution is 6.34. The Morgan fingerprint density at radius 1 is 1.16 bits per heavy atom. The highest BCUT2D eigenvalue weighted by atomic mass is 35.5. The molecule has 0 radical (unpaired) electrons. The van der Waals surface area contributed by atoms with Gasteiger partial charge in [0.05, 0.1) is 12.1 Å². The van der Waals surface area contributed by atoms with Crippen LogP contribution in [0.1, 0.15) is 15.9 Å². The number of carbonyl (C=O) groups is 1. The van der Waals surface area contributed by atoms with Crippen molar-refractivity contribution in [2.75, 3.05) is 7.11 Å². The van der Waals surface area contributed by atoms with Crippen LogP contribution >= 0.6 is 11.6 Å². The predicted octanol–water partition coefficient (Wildman–Crippen LogP) is 4.24. The second kappa shape index (κ2) is 6.21. The number of rotatable bonds is 4. The lowest BCUT2D eigenvalue weighted by atomic mass is 10.1. The quantitative estimate of drug-likeness (QED) is 0.614.